The van der Waals surface area contributed by atoms with Crippen molar-refractivity contribution in [3.8, 4) is 11.3 Å². The number of carbonyl (C=O) groups is 1. The summed E-state index contributed by atoms with van der Waals surface area (Å²) in [6.45, 7) is 1.49. The highest BCUT2D eigenvalue weighted by atomic mass is 32.2. The van der Waals surface area contributed by atoms with Gasteiger partial charge >= 0.3 is 0 Å². The molecule has 0 saturated carbocycles. The summed E-state index contributed by atoms with van der Waals surface area (Å²) < 4.78 is 34.1. The van der Waals surface area contributed by atoms with Crippen LogP contribution in [0.3, 0.4) is 0 Å². The number of benzene rings is 1. The van der Waals surface area contributed by atoms with Crippen LogP contribution >= 0.6 is 11.9 Å². The minimum Gasteiger partial charge on any atom is -0.457 e. The summed E-state index contributed by atoms with van der Waals surface area (Å²) in [6.07, 6.45) is 1.39. The summed E-state index contributed by atoms with van der Waals surface area (Å²) in [5.41, 5.74) is 0.802. The molecule has 0 unspecified atom stereocenters. The maximum Gasteiger partial charge on any atom is 0.283 e. The number of rotatable bonds is 3. The lowest BCUT2D eigenvalue weighted by Crippen LogP contribution is -2.45. The van der Waals surface area contributed by atoms with E-state index in [1.54, 1.807) is 12.1 Å². The molecule has 1 amide bonds. The Labute approximate surface area is 165 Å². The largest absolute Gasteiger partial charge is 0.457 e. The molecule has 4 rings (SSSR count). The highest BCUT2D eigenvalue weighted by Gasteiger charge is 2.42. The van der Waals surface area contributed by atoms with Crippen LogP contribution in [0.5, 0.6) is 0 Å². The number of nitrogens with zero attached hydrogens (tertiary/aromatic N) is 3. The molecule has 3 heterocycles. The number of fused-ring (bicyclic) bond motifs is 1. The zero-order chi connectivity index (χ0) is 19.9. The lowest BCUT2D eigenvalue weighted by Gasteiger charge is -2.24. The molecule has 1 aromatic carbocycles. The Balaban J connectivity index is 1.70. The van der Waals surface area contributed by atoms with E-state index in [1.807, 2.05) is 30.3 Å². The third-order valence-electron chi connectivity index (χ3n) is 4.12. The fourth-order valence-electron chi connectivity index (χ4n) is 2.66. The summed E-state index contributed by atoms with van der Waals surface area (Å²) in [5.74, 6) is -0.150. The van der Waals surface area contributed by atoms with Gasteiger partial charge in [-0.05, 0) is 18.2 Å². The molecule has 8 nitrogen and oxygen atoms in total. The molecule has 0 fully saturated rings. The number of carbonyl (C=O) groups excluding carboxylic acids is 1. The number of aliphatic imine (C=N–C) groups is 1. The maximum absolute atomic E-state index is 12.4. The molecule has 1 aromatic heterocycles. The molecule has 0 bridgehead atoms. The second-order valence-corrected chi connectivity index (χ2v) is 8.78. The lowest BCUT2D eigenvalue weighted by molar-refractivity contribution is -0.114. The standard InChI is InChI=1S/C18H14N4O4S2/c1-2-28(24,25)18-21-27-17-20-16(23)13(15(19)22(17)18)10-12-8-9-14(26-12)11-6-4-3-5-7-11/h3-10,19H,2H2,1H3/b13-10-,19-15?. The third kappa shape index (κ3) is 3.10. The number of hydrogen-bond donors (Lipinski definition) is 1. The van der Waals surface area contributed by atoms with Crippen molar-refractivity contribution in [2.24, 2.45) is 9.39 Å². The van der Waals surface area contributed by atoms with E-state index in [-0.39, 0.29) is 27.5 Å². The first-order valence-corrected chi connectivity index (χ1v) is 10.7. The van der Waals surface area contributed by atoms with Crippen LogP contribution in [0.15, 0.2) is 61.8 Å². The Morgan fingerprint density at radius 3 is 2.68 bits per heavy atom. The Morgan fingerprint density at radius 1 is 1.21 bits per heavy atom. The van der Waals surface area contributed by atoms with Crippen molar-refractivity contribution in [3.63, 3.8) is 0 Å². The first-order valence-electron chi connectivity index (χ1n) is 8.27. The summed E-state index contributed by atoms with van der Waals surface area (Å²) in [5, 5.41) is 8.14. The molecular weight excluding hydrogens is 400 g/mol. The van der Waals surface area contributed by atoms with Gasteiger partial charge < -0.3 is 4.42 Å². The minimum absolute atomic E-state index is 0.0589. The Kier molecular flexibility index (Phi) is 4.52. The van der Waals surface area contributed by atoms with Gasteiger partial charge in [-0.1, -0.05) is 37.3 Å². The number of hydrogen-bond acceptors (Lipinski definition) is 7. The van der Waals surface area contributed by atoms with E-state index in [0.29, 0.717) is 11.5 Å². The van der Waals surface area contributed by atoms with Gasteiger partial charge in [0.15, 0.2) is 0 Å². The smallest absolute Gasteiger partial charge is 0.283 e. The van der Waals surface area contributed by atoms with E-state index in [0.717, 1.165) is 22.4 Å². The molecule has 0 saturated heterocycles. The van der Waals surface area contributed by atoms with Gasteiger partial charge in [-0.2, -0.15) is 9.39 Å². The monoisotopic (exact) mass is 414 g/mol. The minimum atomic E-state index is -3.68. The van der Waals surface area contributed by atoms with Gasteiger partial charge in [0.2, 0.25) is 20.2 Å². The van der Waals surface area contributed by atoms with Crippen molar-refractivity contribution in [1.29, 1.82) is 5.41 Å². The molecule has 142 valence electrons. The van der Waals surface area contributed by atoms with E-state index >= 15 is 0 Å². The van der Waals surface area contributed by atoms with Gasteiger partial charge in [-0.3, -0.25) is 10.2 Å². The van der Waals surface area contributed by atoms with Crippen molar-refractivity contribution in [2.45, 2.75) is 6.92 Å². The predicted molar refractivity (Wildman–Crippen MR) is 109 cm³/mol. The van der Waals surface area contributed by atoms with Crippen LogP contribution < -0.4 is 0 Å². The van der Waals surface area contributed by atoms with Gasteiger partial charge in [0.05, 0.1) is 23.3 Å². The fraction of sp³-hybridized carbons (Fsp3) is 0.111. The van der Waals surface area contributed by atoms with Crippen LogP contribution in [0.1, 0.15) is 12.7 Å². The number of amides is 1. The van der Waals surface area contributed by atoms with Gasteiger partial charge in [0, 0.05) is 5.56 Å². The zero-order valence-electron chi connectivity index (χ0n) is 14.6. The SMILES string of the molecule is CCS(=O)(=O)C1=NSC2=NC(=O)/C(=C\c3ccc(-c4ccccc4)o3)C(=N)N21. The van der Waals surface area contributed by atoms with Gasteiger partial charge in [-0.15, -0.1) is 0 Å². The first-order chi connectivity index (χ1) is 13.4. The lowest BCUT2D eigenvalue weighted by atomic mass is 10.1. The van der Waals surface area contributed by atoms with Gasteiger partial charge in [0.1, 0.15) is 17.4 Å². The number of furan rings is 1. The number of nitrogens with one attached hydrogen (secondary N) is 1. The van der Waals surface area contributed by atoms with Crippen molar-refractivity contribution in [2.75, 3.05) is 5.75 Å². The molecule has 0 radical (unpaired) electrons. The van der Waals surface area contributed by atoms with E-state index in [9.17, 15) is 13.2 Å². The average Bonchev–Trinajstić information content (AvgIpc) is 3.33. The van der Waals surface area contributed by atoms with Crippen LogP contribution in [0.25, 0.3) is 17.4 Å². The number of amidine groups is 3. The van der Waals surface area contributed by atoms with Gasteiger partial charge in [0.25, 0.3) is 5.91 Å². The average molecular weight is 414 g/mol. The fourth-order valence-corrected chi connectivity index (χ4v) is 4.62. The van der Waals surface area contributed by atoms with E-state index in [4.69, 9.17) is 9.83 Å². The Hall–Kier alpha value is -2.98. The van der Waals surface area contributed by atoms with Crippen LogP contribution in [-0.4, -0.2) is 41.1 Å². The highest BCUT2D eigenvalue weighted by Crippen LogP contribution is 2.31. The molecule has 10 heteroatoms. The molecule has 2 aliphatic heterocycles. The van der Waals surface area contributed by atoms with Crippen molar-refractivity contribution < 1.29 is 17.6 Å². The molecular formula is C18H14N4O4S2. The molecule has 0 atom stereocenters. The first kappa shape index (κ1) is 18.4. The molecule has 2 aliphatic rings. The Bertz CT molecular complexity index is 1180. The predicted octanol–water partition coefficient (Wildman–Crippen LogP) is 2.96. The quantitative estimate of drug-likeness (QED) is 0.610. The van der Waals surface area contributed by atoms with Crippen LogP contribution in [-0.2, 0) is 14.6 Å². The van der Waals surface area contributed by atoms with Crippen LogP contribution in [0.2, 0.25) is 0 Å². The molecule has 2 aromatic rings. The zero-order valence-corrected chi connectivity index (χ0v) is 16.3. The molecule has 0 spiro atoms. The molecule has 1 N–H and O–H groups in total. The van der Waals surface area contributed by atoms with E-state index in [2.05, 4.69) is 9.39 Å². The van der Waals surface area contributed by atoms with Crippen LogP contribution in [0, 0.1) is 5.41 Å². The topological polar surface area (TPSA) is 116 Å². The van der Waals surface area contributed by atoms with Crippen LogP contribution in [0.4, 0.5) is 0 Å². The summed E-state index contributed by atoms with van der Waals surface area (Å²) in [4.78, 5) is 17.3. The molecule has 28 heavy (non-hydrogen) atoms. The maximum atomic E-state index is 12.4. The number of sulfone groups is 1. The summed E-state index contributed by atoms with van der Waals surface area (Å²) in [6, 6.07) is 12.9. The normalized spacial score (nSPS) is 18.3. The Morgan fingerprint density at radius 2 is 1.96 bits per heavy atom. The van der Waals surface area contributed by atoms with Crippen molar-refractivity contribution in [1.82, 2.24) is 4.90 Å². The van der Waals surface area contributed by atoms with E-state index < -0.39 is 15.7 Å². The van der Waals surface area contributed by atoms with Gasteiger partial charge in [-0.25, -0.2) is 13.3 Å². The van der Waals surface area contributed by atoms with Crippen molar-refractivity contribution in [3.05, 3.63) is 53.8 Å². The van der Waals surface area contributed by atoms with E-state index in [1.165, 1.54) is 13.0 Å². The van der Waals surface area contributed by atoms with Crippen molar-refractivity contribution >= 4 is 49.9 Å². The molecule has 0 aliphatic carbocycles. The second-order valence-electron chi connectivity index (χ2n) is 5.88. The summed E-state index contributed by atoms with van der Waals surface area (Å²) >= 11 is 0.766. The second kappa shape index (κ2) is 6.88. The highest BCUT2D eigenvalue weighted by molar-refractivity contribution is 8.16. The third-order valence-corrected chi connectivity index (χ3v) is 6.53. The summed E-state index contributed by atoms with van der Waals surface area (Å²) in [7, 11) is -3.68.